The first-order valence-electron chi connectivity index (χ1n) is 5.33. The van der Waals surface area contributed by atoms with Gasteiger partial charge in [0, 0.05) is 18.7 Å². The fourth-order valence-electron chi connectivity index (χ4n) is 2.07. The van der Waals surface area contributed by atoms with Crippen molar-refractivity contribution < 1.29 is 9.90 Å². The predicted molar refractivity (Wildman–Crippen MR) is 55.9 cm³/mol. The van der Waals surface area contributed by atoms with Gasteiger partial charge in [-0.25, -0.2) is 0 Å². The summed E-state index contributed by atoms with van der Waals surface area (Å²) in [7, 11) is 1.94. The molecule has 1 aromatic rings. The maximum absolute atomic E-state index is 10.7. The van der Waals surface area contributed by atoms with Crippen LogP contribution in [0.1, 0.15) is 49.3 Å². The molecule has 1 aromatic heterocycles. The zero-order chi connectivity index (χ0) is 11.0. The van der Waals surface area contributed by atoms with Crippen molar-refractivity contribution in [1.29, 1.82) is 0 Å². The third kappa shape index (κ3) is 2.03. The van der Waals surface area contributed by atoms with E-state index in [2.05, 4.69) is 5.10 Å². The predicted octanol–water partition coefficient (Wildman–Crippen LogP) is 1.88. The minimum absolute atomic E-state index is 0.0619. The second-order valence-electron chi connectivity index (χ2n) is 4.38. The van der Waals surface area contributed by atoms with Crippen molar-refractivity contribution in [3.8, 4) is 0 Å². The van der Waals surface area contributed by atoms with Crippen molar-refractivity contribution in [3.63, 3.8) is 0 Å². The Kier molecular flexibility index (Phi) is 2.50. The highest BCUT2D eigenvalue weighted by Gasteiger charge is 2.31. The van der Waals surface area contributed by atoms with Crippen LogP contribution in [0.15, 0.2) is 6.20 Å². The minimum Gasteiger partial charge on any atom is -0.481 e. The SMILES string of the molecule is CC(CC(=O)O)c1cnn(C)c1C1CC1. The summed E-state index contributed by atoms with van der Waals surface area (Å²) < 4.78 is 1.89. The molecule has 4 nitrogen and oxygen atoms in total. The second kappa shape index (κ2) is 3.68. The van der Waals surface area contributed by atoms with Gasteiger partial charge in [-0.1, -0.05) is 6.92 Å². The summed E-state index contributed by atoms with van der Waals surface area (Å²) >= 11 is 0. The molecule has 82 valence electrons. The summed E-state index contributed by atoms with van der Waals surface area (Å²) in [5, 5.41) is 13.0. The Balaban J connectivity index is 2.23. The lowest BCUT2D eigenvalue weighted by atomic mass is 9.97. The third-order valence-electron chi connectivity index (χ3n) is 2.99. The van der Waals surface area contributed by atoms with Crippen molar-refractivity contribution in [1.82, 2.24) is 9.78 Å². The van der Waals surface area contributed by atoms with Crippen LogP contribution in [0.25, 0.3) is 0 Å². The molecule has 1 unspecified atom stereocenters. The number of aryl methyl sites for hydroxylation is 1. The smallest absolute Gasteiger partial charge is 0.303 e. The van der Waals surface area contributed by atoms with Crippen LogP contribution in [-0.4, -0.2) is 20.9 Å². The number of carboxylic acids is 1. The molecule has 1 aliphatic rings. The number of hydrogen-bond acceptors (Lipinski definition) is 2. The van der Waals surface area contributed by atoms with Gasteiger partial charge in [0.05, 0.1) is 12.6 Å². The van der Waals surface area contributed by atoms with Gasteiger partial charge < -0.3 is 5.11 Å². The molecule has 0 saturated heterocycles. The van der Waals surface area contributed by atoms with E-state index in [4.69, 9.17) is 5.11 Å². The number of nitrogens with zero attached hydrogens (tertiary/aromatic N) is 2. The zero-order valence-corrected chi connectivity index (χ0v) is 9.10. The van der Waals surface area contributed by atoms with Crippen LogP contribution in [0.2, 0.25) is 0 Å². The molecule has 1 heterocycles. The van der Waals surface area contributed by atoms with Crippen molar-refractivity contribution in [2.45, 2.75) is 38.0 Å². The molecule has 0 aromatic carbocycles. The number of carbonyl (C=O) groups is 1. The van der Waals surface area contributed by atoms with Gasteiger partial charge in [0.1, 0.15) is 0 Å². The summed E-state index contributed by atoms with van der Waals surface area (Å²) in [5.41, 5.74) is 2.35. The van der Waals surface area contributed by atoms with Gasteiger partial charge in [0.15, 0.2) is 0 Å². The number of aliphatic carboxylic acids is 1. The summed E-state index contributed by atoms with van der Waals surface area (Å²) in [4.78, 5) is 10.7. The van der Waals surface area contributed by atoms with Crippen LogP contribution in [0.4, 0.5) is 0 Å². The molecular weight excluding hydrogens is 192 g/mol. The standard InChI is InChI=1S/C11H16N2O2/c1-7(5-10(14)15)9-6-12-13(2)11(9)8-3-4-8/h6-8H,3-5H2,1-2H3,(H,14,15). The Hall–Kier alpha value is -1.32. The first-order valence-corrected chi connectivity index (χ1v) is 5.33. The Morgan fingerprint density at radius 2 is 2.40 bits per heavy atom. The van der Waals surface area contributed by atoms with Gasteiger partial charge in [0.2, 0.25) is 0 Å². The van der Waals surface area contributed by atoms with E-state index in [9.17, 15) is 4.79 Å². The number of aromatic nitrogens is 2. The molecule has 0 bridgehead atoms. The van der Waals surface area contributed by atoms with Crippen LogP contribution in [-0.2, 0) is 11.8 Å². The van der Waals surface area contributed by atoms with E-state index in [-0.39, 0.29) is 12.3 Å². The second-order valence-corrected chi connectivity index (χ2v) is 4.38. The highest BCUT2D eigenvalue weighted by atomic mass is 16.4. The highest BCUT2D eigenvalue weighted by Crippen LogP contribution is 2.43. The van der Waals surface area contributed by atoms with Crippen LogP contribution in [0.5, 0.6) is 0 Å². The lowest BCUT2D eigenvalue weighted by molar-refractivity contribution is -0.137. The van der Waals surface area contributed by atoms with Crippen molar-refractivity contribution in [2.24, 2.45) is 7.05 Å². The fourth-order valence-corrected chi connectivity index (χ4v) is 2.07. The normalized spacial score (nSPS) is 17.7. The van der Waals surface area contributed by atoms with E-state index in [0.29, 0.717) is 5.92 Å². The summed E-state index contributed by atoms with van der Waals surface area (Å²) in [6.07, 6.45) is 4.44. The molecule has 1 atom stereocenters. The topological polar surface area (TPSA) is 55.1 Å². The van der Waals surface area contributed by atoms with Crippen molar-refractivity contribution in [2.75, 3.05) is 0 Å². The van der Waals surface area contributed by atoms with Crippen LogP contribution in [0.3, 0.4) is 0 Å². The Labute approximate surface area is 88.9 Å². The van der Waals surface area contributed by atoms with Crippen LogP contribution < -0.4 is 0 Å². The van der Waals surface area contributed by atoms with E-state index >= 15 is 0 Å². The molecule has 4 heteroatoms. The quantitative estimate of drug-likeness (QED) is 0.821. The molecule has 0 spiro atoms. The van der Waals surface area contributed by atoms with Crippen molar-refractivity contribution in [3.05, 3.63) is 17.5 Å². The molecule has 0 radical (unpaired) electrons. The first kappa shape index (κ1) is 10.2. The lowest BCUT2D eigenvalue weighted by Gasteiger charge is -2.10. The molecule has 0 aliphatic heterocycles. The molecule has 1 fully saturated rings. The average molecular weight is 208 g/mol. The molecule has 1 aliphatic carbocycles. The largest absolute Gasteiger partial charge is 0.481 e. The molecule has 1 N–H and O–H groups in total. The minimum atomic E-state index is -0.742. The van der Waals surface area contributed by atoms with E-state index in [0.717, 1.165) is 5.56 Å². The van der Waals surface area contributed by atoms with Crippen LogP contribution in [0, 0.1) is 0 Å². The van der Waals surface area contributed by atoms with Gasteiger partial charge in [-0.2, -0.15) is 5.10 Å². The molecule has 2 rings (SSSR count). The highest BCUT2D eigenvalue weighted by molar-refractivity contribution is 5.68. The third-order valence-corrected chi connectivity index (χ3v) is 2.99. The van der Waals surface area contributed by atoms with Gasteiger partial charge in [-0.05, 0) is 24.3 Å². The summed E-state index contributed by atoms with van der Waals surface area (Å²) in [6, 6.07) is 0. The van der Waals surface area contributed by atoms with E-state index in [1.165, 1.54) is 18.5 Å². The Morgan fingerprint density at radius 1 is 1.73 bits per heavy atom. The average Bonchev–Trinajstić information content (AvgIpc) is 2.89. The van der Waals surface area contributed by atoms with E-state index in [1.54, 1.807) is 0 Å². The number of carboxylic acid groups (broad SMARTS) is 1. The lowest BCUT2D eigenvalue weighted by Crippen LogP contribution is -2.05. The maximum Gasteiger partial charge on any atom is 0.303 e. The van der Waals surface area contributed by atoms with Gasteiger partial charge >= 0.3 is 5.97 Å². The number of rotatable bonds is 4. The van der Waals surface area contributed by atoms with Gasteiger partial charge in [-0.3, -0.25) is 9.48 Å². The maximum atomic E-state index is 10.7. The molecule has 0 amide bonds. The molecular formula is C11H16N2O2. The Bertz CT molecular complexity index is 380. The first-order chi connectivity index (χ1) is 7.09. The van der Waals surface area contributed by atoms with Crippen LogP contribution >= 0.6 is 0 Å². The fraction of sp³-hybridized carbons (Fsp3) is 0.636. The van der Waals surface area contributed by atoms with Gasteiger partial charge in [-0.15, -0.1) is 0 Å². The van der Waals surface area contributed by atoms with E-state index in [1.807, 2.05) is 24.9 Å². The summed E-state index contributed by atoms with van der Waals surface area (Å²) in [6.45, 7) is 1.96. The van der Waals surface area contributed by atoms with Gasteiger partial charge in [0.25, 0.3) is 0 Å². The summed E-state index contributed by atoms with van der Waals surface area (Å²) in [5.74, 6) is -0.0661. The van der Waals surface area contributed by atoms with E-state index < -0.39 is 5.97 Å². The molecule has 15 heavy (non-hydrogen) atoms. The zero-order valence-electron chi connectivity index (χ0n) is 9.10. The molecule has 1 saturated carbocycles. The Morgan fingerprint density at radius 3 is 2.93 bits per heavy atom. The number of hydrogen-bond donors (Lipinski definition) is 1. The van der Waals surface area contributed by atoms with Crippen molar-refractivity contribution >= 4 is 5.97 Å². The monoisotopic (exact) mass is 208 g/mol.